The van der Waals surface area contributed by atoms with Crippen molar-refractivity contribution < 1.29 is 14.6 Å². The Morgan fingerprint density at radius 3 is 2.14 bits per heavy atom. The fourth-order valence-electron chi connectivity index (χ4n) is 2.69. The van der Waals surface area contributed by atoms with Gasteiger partial charge in [-0.1, -0.05) is 48.5 Å². The first-order valence-electron chi connectivity index (χ1n) is 9.23. The van der Waals surface area contributed by atoms with Crippen molar-refractivity contribution in [2.45, 2.75) is 12.6 Å². The second-order valence-electron chi connectivity index (χ2n) is 6.39. The highest BCUT2D eigenvalue weighted by Crippen LogP contribution is 2.23. The Morgan fingerprint density at radius 2 is 1.41 bits per heavy atom. The second kappa shape index (κ2) is 8.99. The molecular weight excluding hydrogens is 368 g/mol. The first-order chi connectivity index (χ1) is 14.3. The van der Waals surface area contributed by atoms with E-state index in [2.05, 4.69) is 15.4 Å². The molecule has 1 atom stereocenters. The van der Waals surface area contributed by atoms with E-state index in [0.717, 1.165) is 11.3 Å². The van der Waals surface area contributed by atoms with Gasteiger partial charge in [-0.3, -0.25) is 0 Å². The number of benzene rings is 3. The van der Waals surface area contributed by atoms with E-state index < -0.39 is 6.10 Å². The number of aromatic nitrogens is 4. The predicted molar refractivity (Wildman–Crippen MR) is 108 cm³/mol. The van der Waals surface area contributed by atoms with Gasteiger partial charge < -0.3 is 14.6 Å². The Hall–Kier alpha value is -3.71. The summed E-state index contributed by atoms with van der Waals surface area (Å²) < 4.78 is 11.4. The van der Waals surface area contributed by atoms with Crippen LogP contribution in [0.3, 0.4) is 0 Å². The van der Waals surface area contributed by atoms with Gasteiger partial charge in [0.25, 0.3) is 0 Å². The lowest BCUT2D eigenvalue weighted by Gasteiger charge is -2.12. The molecule has 4 aromatic rings. The molecule has 0 aliphatic rings. The fourth-order valence-corrected chi connectivity index (χ4v) is 2.69. The number of nitrogens with zero attached hydrogens (tertiary/aromatic N) is 4. The van der Waals surface area contributed by atoms with Crippen LogP contribution in [0.15, 0.2) is 84.9 Å². The molecule has 0 saturated heterocycles. The van der Waals surface area contributed by atoms with E-state index in [4.69, 9.17) is 9.47 Å². The third-order valence-electron chi connectivity index (χ3n) is 4.10. The first-order valence-corrected chi connectivity index (χ1v) is 9.23. The van der Waals surface area contributed by atoms with Crippen molar-refractivity contribution in [2.24, 2.45) is 0 Å². The summed E-state index contributed by atoms with van der Waals surface area (Å²) in [5, 5.41) is 22.5. The standard InChI is InChI=1S/C22H20N4O3/c27-18(15-26-24-22(23-25-26)17-7-3-1-4-8-17)16-28-19-11-13-21(14-12-19)29-20-9-5-2-6-10-20/h1-14,18,27H,15-16H2. The molecule has 4 rings (SSSR count). The Balaban J connectivity index is 1.27. The summed E-state index contributed by atoms with van der Waals surface area (Å²) >= 11 is 0. The largest absolute Gasteiger partial charge is 0.491 e. The van der Waals surface area contributed by atoms with E-state index in [1.54, 1.807) is 12.1 Å². The van der Waals surface area contributed by atoms with Gasteiger partial charge in [0.15, 0.2) is 0 Å². The minimum Gasteiger partial charge on any atom is -0.491 e. The number of ether oxygens (including phenoxy) is 2. The van der Waals surface area contributed by atoms with Crippen LogP contribution in [-0.2, 0) is 6.54 Å². The van der Waals surface area contributed by atoms with Crippen molar-refractivity contribution >= 4 is 0 Å². The third-order valence-corrected chi connectivity index (χ3v) is 4.10. The molecule has 1 heterocycles. The van der Waals surface area contributed by atoms with E-state index in [0.29, 0.717) is 17.3 Å². The molecule has 0 fully saturated rings. The van der Waals surface area contributed by atoms with Crippen molar-refractivity contribution in [3.05, 3.63) is 84.9 Å². The van der Waals surface area contributed by atoms with Crippen LogP contribution in [0, 0.1) is 0 Å². The van der Waals surface area contributed by atoms with Crippen LogP contribution in [0.5, 0.6) is 17.2 Å². The topological polar surface area (TPSA) is 82.3 Å². The average Bonchev–Trinajstić information content (AvgIpc) is 3.23. The molecular formula is C22H20N4O3. The summed E-state index contributed by atoms with van der Waals surface area (Å²) in [6.07, 6.45) is -0.770. The number of aliphatic hydroxyl groups is 1. The maximum atomic E-state index is 10.2. The first kappa shape index (κ1) is 18.6. The highest BCUT2D eigenvalue weighted by atomic mass is 16.5. The molecule has 0 amide bonds. The quantitative estimate of drug-likeness (QED) is 0.497. The zero-order valence-electron chi connectivity index (χ0n) is 15.6. The van der Waals surface area contributed by atoms with Gasteiger partial charge in [-0.25, -0.2) is 0 Å². The monoisotopic (exact) mass is 388 g/mol. The molecule has 7 heteroatoms. The summed E-state index contributed by atoms with van der Waals surface area (Å²) in [6.45, 7) is 0.302. The van der Waals surface area contributed by atoms with Crippen molar-refractivity contribution in [1.82, 2.24) is 20.2 Å². The zero-order chi connectivity index (χ0) is 19.9. The van der Waals surface area contributed by atoms with Crippen molar-refractivity contribution in [3.63, 3.8) is 0 Å². The molecule has 1 aromatic heterocycles. The lowest BCUT2D eigenvalue weighted by atomic mass is 10.2. The minimum atomic E-state index is -0.770. The van der Waals surface area contributed by atoms with Crippen LogP contribution in [0.2, 0.25) is 0 Å². The SMILES string of the molecule is OC(COc1ccc(Oc2ccccc2)cc1)Cn1nnc(-c2ccccc2)n1. The summed E-state index contributed by atoms with van der Waals surface area (Å²) in [7, 11) is 0. The van der Waals surface area contributed by atoms with E-state index in [9.17, 15) is 5.11 Å². The van der Waals surface area contributed by atoms with Crippen molar-refractivity contribution in [2.75, 3.05) is 6.61 Å². The molecule has 29 heavy (non-hydrogen) atoms. The number of para-hydroxylation sites is 1. The lowest BCUT2D eigenvalue weighted by Crippen LogP contribution is -2.24. The lowest BCUT2D eigenvalue weighted by molar-refractivity contribution is 0.0850. The number of hydrogen-bond acceptors (Lipinski definition) is 6. The Bertz CT molecular complexity index is 1020. The van der Waals surface area contributed by atoms with Crippen LogP contribution in [-0.4, -0.2) is 38.0 Å². The highest BCUT2D eigenvalue weighted by Gasteiger charge is 2.11. The smallest absolute Gasteiger partial charge is 0.204 e. The molecule has 0 aliphatic heterocycles. The predicted octanol–water partition coefficient (Wildman–Crippen LogP) is 3.57. The zero-order valence-corrected chi connectivity index (χ0v) is 15.6. The van der Waals surface area contributed by atoms with Gasteiger partial charge in [-0.05, 0) is 41.6 Å². The third kappa shape index (κ3) is 5.18. The number of rotatable bonds is 8. The van der Waals surface area contributed by atoms with Crippen LogP contribution < -0.4 is 9.47 Å². The Morgan fingerprint density at radius 1 is 0.793 bits per heavy atom. The van der Waals surface area contributed by atoms with E-state index in [-0.39, 0.29) is 13.2 Å². The van der Waals surface area contributed by atoms with Crippen LogP contribution in [0.1, 0.15) is 0 Å². The van der Waals surface area contributed by atoms with Gasteiger partial charge in [0, 0.05) is 5.56 Å². The molecule has 0 spiro atoms. The summed E-state index contributed by atoms with van der Waals surface area (Å²) in [6, 6.07) is 26.4. The van der Waals surface area contributed by atoms with Crippen molar-refractivity contribution in [1.29, 1.82) is 0 Å². The van der Waals surface area contributed by atoms with E-state index in [1.807, 2.05) is 72.8 Å². The maximum absolute atomic E-state index is 10.2. The number of tetrazole rings is 1. The van der Waals surface area contributed by atoms with Crippen LogP contribution >= 0.6 is 0 Å². The van der Waals surface area contributed by atoms with Gasteiger partial charge in [0.05, 0.1) is 6.54 Å². The highest BCUT2D eigenvalue weighted by molar-refractivity contribution is 5.52. The summed E-state index contributed by atoms with van der Waals surface area (Å²) in [5.41, 5.74) is 0.877. The van der Waals surface area contributed by atoms with Gasteiger partial charge in [-0.15, -0.1) is 10.2 Å². The molecule has 7 nitrogen and oxygen atoms in total. The van der Waals surface area contributed by atoms with Gasteiger partial charge >= 0.3 is 0 Å². The van der Waals surface area contributed by atoms with Gasteiger partial charge in [-0.2, -0.15) is 4.80 Å². The number of aliphatic hydroxyl groups excluding tert-OH is 1. The summed E-state index contributed by atoms with van der Waals surface area (Å²) in [5.74, 6) is 2.64. The molecule has 0 aliphatic carbocycles. The average molecular weight is 388 g/mol. The van der Waals surface area contributed by atoms with Gasteiger partial charge in [0.2, 0.25) is 5.82 Å². The molecule has 146 valence electrons. The van der Waals surface area contributed by atoms with Crippen LogP contribution in [0.25, 0.3) is 11.4 Å². The molecule has 3 aromatic carbocycles. The molecule has 0 saturated carbocycles. The van der Waals surface area contributed by atoms with E-state index in [1.165, 1.54) is 4.80 Å². The maximum Gasteiger partial charge on any atom is 0.204 e. The van der Waals surface area contributed by atoms with Crippen molar-refractivity contribution in [3.8, 4) is 28.6 Å². The Kier molecular flexibility index (Phi) is 5.78. The molecule has 1 N–H and O–H groups in total. The molecule has 1 unspecified atom stereocenters. The fraction of sp³-hybridized carbons (Fsp3) is 0.136. The Labute approximate surface area is 168 Å². The molecule has 0 radical (unpaired) electrons. The second-order valence-corrected chi connectivity index (χ2v) is 6.39. The van der Waals surface area contributed by atoms with E-state index >= 15 is 0 Å². The summed E-state index contributed by atoms with van der Waals surface area (Å²) in [4.78, 5) is 1.37. The number of hydrogen-bond donors (Lipinski definition) is 1. The normalized spacial score (nSPS) is 11.8. The molecule has 0 bridgehead atoms. The van der Waals surface area contributed by atoms with Crippen LogP contribution in [0.4, 0.5) is 0 Å². The van der Waals surface area contributed by atoms with Gasteiger partial charge in [0.1, 0.15) is 30.0 Å². The minimum absolute atomic E-state index is 0.112.